The number of primary amides is 1. The Kier molecular flexibility index (Phi) is 12.2. The summed E-state index contributed by atoms with van der Waals surface area (Å²) in [5.74, 6) is -6.79. The standard InChI is InChI=1S/C17H29N5O8S/c1-7(2)13(17(29)30)22-16(28)10(6-31)21-15(27)9(5-12(24)25)20-14(26)8(18)3-4-11(19)23/h7-10,13,31H,3-6,18H2,1-2H3,(H2,19,23)(H,20,26)(H,21,27)(H,22,28)(H,24,25)(H,29,30). The first-order valence-electron chi connectivity index (χ1n) is 9.30. The van der Waals surface area contributed by atoms with Crippen molar-refractivity contribution >= 4 is 48.2 Å². The molecule has 0 aromatic carbocycles. The number of thiol groups is 1. The van der Waals surface area contributed by atoms with Gasteiger partial charge in [-0.1, -0.05) is 13.8 Å². The van der Waals surface area contributed by atoms with Crippen molar-refractivity contribution in [2.45, 2.75) is 57.3 Å². The molecule has 9 N–H and O–H groups in total. The highest BCUT2D eigenvalue weighted by Crippen LogP contribution is 2.04. The quantitative estimate of drug-likeness (QED) is 0.124. The van der Waals surface area contributed by atoms with Gasteiger partial charge in [-0.05, 0) is 12.3 Å². The van der Waals surface area contributed by atoms with Gasteiger partial charge >= 0.3 is 11.9 Å². The Hall–Kier alpha value is -2.87. The maximum absolute atomic E-state index is 12.5. The van der Waals surface area contributed by atoms with Crippen LogP contribution >= 0.6 is 12.6 Å². The van der Waals surface area contributed by atoms with Gasteiger partial charge in [0, 0.05) is 12.2 Å². The zero-order chi connectivity index (χ0) is 24.3. The summed E-state index contributed by atoms with van der Waals surface area (Å²) in [6.07, 6.45) is -1.12. The van der Waals surface area contributed by atoms with E-state index in [4.69, 9.17) is 16.6 Å². The first kappa shape index (κ1) is 28.1. The number of carbonyl (C=O) groups excluding carboxylic acids is 4. The first-order chi connectivity index (χ1) is 14.3. The minimum Gasteiger partial charge on any atom is -0.481 e. The van der Waals surface area contributed by atoms with Gasteiger partial charge in [-0.15, -0.1) is 0 Å². The van der Waals surface area contributed by atoms with E-state index in [1.54, 1.807) is 13.8 Å². The minimum atomic E-state index is -1.58. The molecule has 4 atom stereocenters. The van der Waals surface area contributed by atoms with Crippen LogP contribution < -0.4 is 27.4 Å². The second-order valence-electron chi connectivity index (χ2n) is 7.08. The van der Waals surface area contributed by atoms with Crippen LogP contribution in [0.5, 0.6) is 0 Å². The lowest BCUT2D eigenvalue weighted by Crippen LogP contribution is -2.58. The van der Waals surface area contributed by atoms with Crippen molar-refractivity contribution < 1.29 is 39.0 Å². The molecule has 0 aromatic rings. The molecule has 14 heteroatoms. The third-order valence-corrected chi connectivity index (χ3v) is 4.46. The summed E-state index contributed by atoms with van der Waals surface area (Å²) >= 11 is 3.95. The molecule has 0 aliphatic carbocycles. The van der Waals surface area contributed by atoms with Crippen LogP contribution in [-0.4, -0.2) is 75.7 Å². The van der Waals surface area contributed by atoms with Crippen molar-refractivity contribution in [2.75, 3.05) is 5.75 Å². The molecule has 0 fully saturated rings. The SMILES string of the molecule is CC(C)C(NC(=O)C(CS)NC(=O)C(CC(=O)O)NC(=O)C(N)CCC(N)=O)C(=O)O. The molecule has 13 nitrogen and oxygen atoms in total. The van der Waals surface area contributed by atoms with E-state index in [0.717, 1.165) is 0 Å². The number of amides is 4. The number of carboxylic acids is 2. The zero-order valence-electron chi connectivity index (χ0n) is 17.2. The van der Waals surface area contributed by atoms with Gasteiger partial charge < -0.3 is 37.6 Å². The largest absolute Gasteiger partial charge is 0.481 e. The normalized spacial score (nSPS) is 14.6. The number of rotatable bonds is 14. The summed E-state index contributed by atoms with van der Waals surface area (Å²) < 4.78 is 0. The number of nitrogens with one attached hydrogen (secondary N) is 3. The maximum Gasteiger partial charge on any atom is 0.326 e. The second kappa shape index (κ2) is 13.4. The molecule has 0 aliphatic rings. The lowest BCUT2D eigenvalue weighted by atomic mass is 10.0. The van der Waals surface area contributed by atoms with Gasteiger partial charge in [0.1, 0.15) is 18.1 Å². The average molecular weight is 464 g/mol. The maximum atomic E-state index is 12.5. The van der Waals surface area contributed by atoms with Gasteiger partial charge in [0.2, 0.25) is 23.6 Å². The number of hydrogen-bond donors (Lipinski definition) is 8. The molecular weight excluding hydrogens is 434 g/mol. The van der Waals surface area contributed by atoms with E-state index in [2.05, 4.69) is 28.6 Å². The van der Waals surface area contributed by atoms with Crippen molar-refractivity contribution in [3.8, 4) is 0 Å². The molecule has 0 saturated carbocycles. The zero-order valence-corrected chi connectivity index (χ0v) is 18.1. The Labute approximate surface area is 184 Å². The number of carboxylic acid groups (broad SMARTS) is 2. The molecule has 0 radical (unpaired) electrons. The molecular formula is C17H29N5O8S. The van der Waals surface area contributed by atoms with E-state index in [1.807, 2.05) is 0 Å². The molecule has 0 bridgehead atoms. The van der Waals surface area contributed by atoms with E-state index in [1.165, 1.54) is 0 Å². The van der Waals surface area contributed by atoms with Crippen LogP contribution in [0.1, 0.15) is 33.1 Å². The number of carbonyl (C=O) groups is 6. The topological polar surface area (TPSA) is 231 Å². The van der Waals surface area contributed by atoms with Crippen LogP contribution in [0.25, 0.3) is 0 Å². The smallest absolute Gasteiger partial charge is 0.326 e. The van der Waals surface area contributed by atoms with E-state index < -0.39 is 72.1 Å². The average Bonchev–Trinajstić information content (AvgIpc) is 2.66. The van der Waals surface area contributed by atoms with Gasteiger partial charge in [0.25, 0.3) is 0 Å². The molecule has 0 spiro atoms. The van der Waals surface area contributed by atoms with Gasteiger partial charge in [-0.2, -0.15) is 12.6 Å². The Morgan fingerprint density at radius 1 is 0.903 bits per heavy atom. The van der Waals surface area contributed by atoms with E-state index in [9.17, 15) is 33.9 Å². The van der Waals surface area contributed by atoms with Crippen LogP contribution in [0, 0.1) is 5.92 Å². The molecule has 4 amide bonds. The van der Waals surface area contributed by atoms with Crippen LogP contribution in [-0.2, 0) is 28.8 Å². The van der Waals surface area contributed by atoms with Crippen LogP contribution in [0.4, 0.5) is 0 Å². The van der Waals surface area contributed by atoms with Crippen molar-refractivity contribution in [2.24, 2.45) is 17.4 Å². The number of hydrogen-bond acceptors (Lipinski definition) is 8. The highest BCUT2D eigenvalue weighted by Gasteiger charge is 2.31. The van der Waals surface area contributed by atoms with E-state index in [-0.39, 0.29) is 18.6 Å². The predicted octanol–water partition coefficient (Wildman–Crippen LogP) is -2.82. The van der Waals surface area contributed by atoms with Gasteiger partial charge in [-0.25, -0.2) is 4.79 Å². The van der Waals surface area contributed by atoms with Crippen molar-refractivity contribution in [3.63, 3.8) is 0 Å². The van der Waals surface area contributed by atoms with Crippen LogP contribution in [0.15, 0.2) is 0 Å². The monoisotopic (exact) mass is 463 g/mol. The first-order valence-corrected chi connectivity index (χ1v) is 9.93. The summed E-state index contributed by atoms with van der Waals surface area (Å²) in [6, 6.07) is -5.32. The third-order valence-electron chi connectivity index (χ3n) is 4.10. The molecule has 4 unspecified atom stereocenters. The highest BCUT2D eigenvalue weighted by molar-refractivity contribution is 7.80. The summed E-state index contributed by atoms with van der Waals surface area (Å²) in [7, 11) is 0. The Morgan fingerprint density at radius 2 is 1.42 bits per heavy atom. The second-order valence-corrected chi connectivity index (χ2v) is 7.45. The van der Waals surface area contributed by atoms with Gasteiger partial charge in [0.05, 0.1) is 12.5 Å². The minimum absolute atomic E-state index is 0.115. The fraction of sp³-hybridized carbons (Fsp3) is 0.647. The van der Waals surface area contributed by atoms with Crippen molar-refractivity contribution in [3.05, 3.63) is 0 Å². The Bertz CT molecular complexity index is 702. The molecule has 0 aliphatic heterocycles. The molecule has 176 valence electrons. The summed E-state index contributed by atoms with van der Waals surface area (Å²) in [5, 5.41) is 24.9. The Balaban J connectivity index is 5.24. The fourth-order valence-corrected chi connectivity index (χ4v) is 2.58. The third kappa shape index (κ3) is 10.6. The van der Waals surface area contributed by atoms with Crippen molar-refractivity contribution in [1.29, 1.82) is 0 Å². The van der Waals surface area contributed by atoms with E-state index >= 15 is 0 Å². The number of aliphatic carboxylic acids is 2. The number of nitrogens with two attached hydrogens (primary N) is 2. The summed E-state index contributed by atoms with van der Waals surface area (Å²) in [6.45, 7) is 3.15. The fourth-order valence-electron chi connectivity index (χ4n) is 2.33. The summed E-state index contributed by atoms with van der Waals surface area (Å²) in [4.78, 5) is 70.1. The van der Waals surface area contributed by atoms with Gasteiger partial charge in [0.15, 0.2) is 0 Å². The highest BCUT2D eigenvalue weighted by atomic mass is 32.1. The van der Waals surface area contributed by atoms with Crippen molar-refractivity contribution in [1.82, 2.24) is 16.0 Å². The summed E-state index contributed by atoms with van der Waals surface area (Å²) in [5.41, 5.74) is 10.6. The molecule has 0 heterocycles. The lowest BCUT2D eigenvalue weighted by Gasteiger charge is -2.24. The van der Waals surface area contributed by atoms with Crippen LogP contribution in [0.2, 0.25) is 0 Å². The lowest BCUT2D eigenvalue weighted by molar-refractivity contribution is -0.144. The predicted molar refractivity (Wildman–Crippen MR) is 111 cm³/mol. The Morgan fingerprint density at radius 3 is 1.84 bits per heavy atom. The van der Waals surface area contributed by atoms with Gasteiger partial charge in [-0.3, -0.25) is 24.0 Å². The van der Waals surface area contributed by atoms with E-state index in [0.29, 0.717) is 0 Å². The molecule has 0 saturated heterocycles. The molecule has 0 rings (SSSR count). The molecule has 0 aromatic heterocycles. The molecule has 31 heavy (non-hydrogen) atoms. The van der Waals surface area contributed by atoms with Crippen LogP contribution in [0.3, 0.4) is 0 Å².